The Balaban J connectivity index is 1.88. The Bertz CT molecular complexity index is 639. The lowest BCUT2D eigenvalue weighted by Gasteiger charge is -2.21. The Morgan fingerprint density at radius 3 is 2.75 bits per heavy atom. The van der Waals surface area contributed by atoms with E-state index in [2.05, 4.69) is 10.3 Å². The number of ether oxygens (including phenoxy) is 2. The lowest BCUT2D eigenvalue weighted by Crippen LogP contribution is -2.30. The van der Waals surface area contributed by atoms with Gasteiger partial charge >= 0.3 is 5.97 Å². The van der Waals surface area contributed by atoms with Crippen molar-refractivity contribution in [3.05, 3.63) is 11.5 Å². The van der Waals surface area contributed by atoms with Crippen molar-refractivity contribution in [2.24, 2.45) is 0 Å². The molecule has 1 aromatic heterocycles. The summed E-state index contributed by atoms with van der Waals surface area (Å²) in [6.07, 6.45) is 3.92. The molecule has 1 fully saturated rings. The third kappa shape index (κ3) is 3.61. The van der Waals surface area contributed by atoms with E-state index in [0.29, 0.717) is 31.1 Å². The first kappa shape index (κ1) is 17.0. The highest BCUT2D eigenvalue weighted by atomic mass is 16.6. The van der Waals surface area contributed by atoms with Gasteiger partial charge in [-0.3, -0.25) is 4.79 Å². The fourth-order valence-corrected chi connectivity index (χ4v) is 3.09. The molecule has 7 nitrogen and oxygen atoms in total. The van der Waals surface area contributed by atoms with Crippen molar-refractivity contribution in [2.75, 3.05) is 11.9 Å². The molecule has 7 heteroatoms. The third-order valence-electron chi connectivity index (χ3n) is 4.13. The summed E-state index contributed by atoms with van der Waals surface area (Å²) in [6, 6.07) is 0. The van der Waals surface area contributed by atoms with Crippen molar-refractivity contribution in [2.45, 2.75) is 71.1 Å². The number of esters is 1. The number of imidazole rings is 1. The number of aromatic nitrogens is 2. The van der Waals surface area contributed by atoms with Crippen molar-refractivity contribution >= 4 is 17.7 Å². The second kappa shape index (κ2) is 6.55. The first-order valence-electron chi connectivity index (χ1n) is 8.60. The van der Waals surface area contributed by atoms with Gasteiger partial charge in [-0.15, -0.1) is 0 Å². The summed E-state index contributed by atoms with van der Waals surface area (Å²) in [5.41, 5.74) is -0.266. The molecule has 2 aliphatic rings. The highest BCUT2D eigenvalue weighted by Gasteiger charge is 2.31. The van der Waals surface area contributed by atoms with E-state index in [1.807, 2.05) is 25.3 Å². The fraction of sp³-hybridized carbons (Fsp3) is 0.706. The van der Waals surface area contributed by atoms with Crippen LogP contribution in [-0.4, -0.2) is 39.7 Å². The number of aryl methyl sites for hydroxylation is 1. The average molecular weight is 335 g/mol. The molecule has 0 aliphatic carbocycles. The van der Waals surface area contributed by atoms with Crippen LogP contribution in [0, 0.1) is 0 Å². The van der Waals surface area contributed by atoms with Crippen molar-refractivity contribution < 1.29 is 19.1 Å². The van der Waals surface area contributed by atoms with E-state index in [9.17, 15) is 9.59 Å². The first-order chi connectivity index (χ1) is 11.3. The van der Waals surface area contributed by atoms with Crippen LogP contribution in [0.2, 0.25) is 0 Å². The number of nitrogens with zero attached hydrogens (tertiary/aromatic N) is 2. The topological polar surface area (TPSA) is 82.4 Å². The first-order valence-corrected chi connectivity index (χ1v) is 8.60. The van der Waals surface area contributed by atoms with Gasteiger partial charge in [-0.2, -0.15) is 0 Å². The Kier molecular flexibility index (Phi) is 4.62. The fourth-order valence-electron chi connectivity index (χ4n) is 3.09. The molecule has 0 saturated carbocycles. The minimum absolute atomic E-state index is 0.243. The number of nitrogens with one attached hydrogen (secondary N) is 1. The molecule has 0 aromatic carbocycles. The monoisotopic (exact) mass is 335 g/mol. The van der Waals surface area contributed by atoms with Crippen LogP contribution >= 0.6 is 0 Å². The van der Waals surface area contributed by atoms with Crippen molar-refractivity contribution in [1.82, 2.24) is 9.55 Å². The van der Waals surface area contributed by atoms with E-state index in [1.54, 1.807) is 0 Å². The Hall–Kier alpha value is -1.89. The summed E-state index contributed by atoms with van der Waals surface area (Å²) in [5, 5.41) is 2.78. The van der Waals surface area contributed by atoms with Crippen LogP contribution in [0.25, 0.3) is 0 Å². The van der Waals surface area contributed by atoms with E-state index in [4.69, 9.17) is 9.47 Å². The Labute approximate surface area is 141 Å². The van der Waals surface area contributed by atoms with Crippen molar-refractivity contribution in [3.63, 3.8) is 0 Å². The number of carbonyl (C=O) groups excluding carboxylic acids is 2. The number of fused-ring (bicyclic) bond motifs is 1. The summed E-state index contributed by atoms with van der Waals surface area (Å²) in [5.74, 6) is 0.421. The zero-order valence-corrected chi connectivity index (χ0v) is 14.6. The molecule has 0 bridgehead atoms. The largest absolute Gasteiger partial charge is 0.455 e. The highest BCUT2D eigenvalue weighted by Crippen LogP contribution is 2.26. The van der Waals surface area contributed by atoms with Gasteiger partial charge in [0, 0.05) is 19.6 Å². The summed E-state index contributed by atoms with van der Waals surface area (Å²) in [4.78, 5) is 29.5. The van der Waals surface area contributed by atoms with Crippen LogP contribution in [0.5, 0.6) is 0 Å². The van der Waals surface area contributed by atoms with Gasteiger partial charge in [0.05, 0.1) is 0 Å². The number of hydrogen-bond donors (Lipinski definition) is 1. The second-order valence-corrected chi connectivity index (χ2v) is 7.33. The molecule has 24 heavy (non-hydrogen) atoms. The third-order valence-corrected chi connectivity index (χ3v) is 4.13. The lowest BCUT2D eigenvalue weighted by molar-refractivity contribution is -0.124. The van der Waals surface area contributed by atoms with Crippen molar-refractivity contribution in [3.8, 4) is 0 Å². The molecular formula is C17H25N3O4. The molecule has 1 N–H and O–H groups in total. The van der Waals surface area contributed by atoms with Gasteiger partial charge in [-0.1, -0.05) is 0 Å². The van der Waals surface area contributed by atoms with E-state index in [-0.39, 0.29) is 5.91 Å². The van der Waals surface area contributed by atoms with Crippen LogP contribution < -0.4 is 5.32 Å². The molecule has 132 valence electrons. The summed E-state index contributed by atoms with van der Waals surface area (Å²) in [6.45, 7) is 6.78. The predicted molar refractivity (Wildman–Crippen MR) is 87.9 cm³/mol. The molecule has 3 heterocycles. The number of anilines is 1. The number of carbonyl (C=O) groups is 2. The van der Waals surface area contributed by atoms with Crippen LogP contribution in [0.4, 0.5) is 5.82 Å². The van der Waals surface area contributed by atoms with Gasteiger partial charge < -0.3 is 19.4 Å². The van der Waals surface area contributed by atoms with Crippen LogP contribution in [0.1, 0.15) is 62.8 Å². The van der Waals surface area contributed by atoms with E-state index < -0.39 is 17.7 Å². The predicted octanol–water partition coefficient (Wildman–Crippen LogP) is 2.29. The Morgan fingerprint density at radius 2 is 2.08 bits per heavy atom. The molecule has 1 aromatic rings. The number of amides is 1. The van der Waals surface area contributed by atoms with Gasteiger partial charge in [0.1, 0.15) is 17.5 Å². The van der Waals surface area contributed by atoms with Crippen molar-refractivity contribution in [1.29, 1.82) is 0 Å². The lowest BCUT2D eigenvalue weighted by atomic mass is 10.1. The minimum Gasteiger partial charge on any atom is -0.455 e. The second-order valence-electron chi connectivity index (χ2n) is 7.33. The van der Waals surface area contributed by atoms with E-state index >= 15 is 0 Å². The molecule has 1 amide bonds. The molecular weight excluding hydrogens is 310 g/mol. The zero-order chi connectivity index (χ0) is 17.3. The quantitative estimate of drug-likeness (QED) is 0.857. The van der Waals surface area contributed by atoms with E-state index in [0.717, 1.165) is 31.5 Å². The molecule has 1 saturated heterocycles. The van der Waals surface area contributed by atoms with Crippen LogP contribution in [0.3, 0.4) is 0 Å². The maximum atomic E-state index is 12.7. The Morgan fingerprint density at radius 1 is 1.29 bits per heavy atom. The molecule has 0 radical (unpaired) electrons. The number of rotatable bonds is 3. The smallest absolute Gasteiger partial charge is 0.359 e. The van der Waals surface area contributed by atoms with Gasteiger partial charge in [0.2, 0.25) is 0 Å². The van der Waals surface area contributed by atoms with Gasteiger partial charge in [-0.25, -0.2) is 9.78 Å². The maximum absolute atomic E-state index is 12.7. The van der Waals surface area contributed by atoms with Crippen LogP contribution in [-0.2, 0) is 27.2 Å². The van der Waals surface area contributed by atoms with Gasteiger partial charge in [0.25, 0.3) is 5.91 Å². The highest BCUT2D eigenvalue weighted by molar-refractivity contribution is 6.00. The molecule has 3 rings (SSSR count). The molecule has 0 spiro atoms. The maximum Gasteiger partial charge on any atom is 0.359 e. The average Bonchev–Trinajstić information content (AvgIpc) is 3.12. The van der Waals surface area contributed by atoms with Gasteiger partial charge in [-0.05, 0) is 46.5 Å². The molecule has 1 atom stereocenters. The van der Waals surface area contributed by atoms with Crippen LogP contribution in [0.15, 0.2) is 0 Å². The molecule has 2 aliphatic heterocycles. The summed E-state index contributed by atoms with van der Waals surface area (Å²) in [7, 11) is 0. The minimum atomic E-state index is -0.605. The standard InChI is InChI=1S/C17H25N3O4/c1-17(2,3)24-16(22)13-14(18-12-8-4-5-9-20(12)13)19-15(21)11-7-6-10-23-11/h11H,4-10H2,1-3H3,(H,19,21)/t11-/m0/s1. The SMILES string of the molecule is CC(C)(C)OC(=O)c1c(NC(=O)[C@@H]2CCCO2)nc2n1CCCC2. The summed E-state index contributed by atoms with van der Waals surface area (Å²) >= 11 is 0. The summed E-state index contributed by atoms with van der Waals surface area (Å²) < 4.78 is 12.8. The van der Waals surface area contributed by atoms with E-state index in [1.165, 1.54) is 0 Å². The van der Waals surface area contributed by atoms with Gasteiger partial charge in [0.15, 0.2) is 11.5 Å². The zero-order valence-electron chi connectivity index (χ0n) is 14.6. The number of hydrogen-bond acceptors (Lipinski definition) is 5. The molecule has 0 unspecified atom stereocenters. The normalized spacial score (nSPS) is 20.5.